The molecular weight excluding hydrogens is 169 g/mol. The number of halogens is 3. The van der Waals surface area contributed by atoms with Gasteiger partial charge < -0.3 is 19.6 Å². The zero-order chi connectivity index (χ0) is 0. The third-order valence-corrected chi connectivity index (χ3v) is 0. The maximum atomic E-state index is 0. The first kappa shape index (κ1) is 558. The first-order valence-corrected chi connectivity index (χ1v) is 0. The van der Waals surface area contributed by atoms with E-state index < -0.39 is 0 Å². The van der Waals surface area contributed by atoms with E-state index in [4.69, 9.17) is 0 Å². The van der Waals surface area contributed by atoms with Crippen LogP contribution in [0.1, 0.15) is 0 Å². The zero-order valence-corrected chi connectivity index (χ0v) is 3.96. The van der Waals surface area contributed by atoms with Gasteiger partial charge in [0.15, 0.2) is 0 Å². The van der Waals surface area contributed by atoms with Gasteiger partial charge in [-0.2, -0.15) is 0 Å². The molecule has 0 bridgehead atoms. The van der Waals surface area contributed by atoms with Crippen molar-refractivity contribution in [1.29, 1.82) is 0 Å². The minimum atomic E-state index is 0. The van der Waals surface area contributed by atoms with E-state index in [1.807, 2.05) is 0 Å². The Bertz CT molecular complexity index is 6.85. The Hall–Kier alpha value is 0.438. The van der Waals surface area contributed by atoms with Gasteiger partial charge in [-0.1, -0.05) is 0 Å². The van der Waals surface area contributed by atoms with Gasteiger partial charge in [0.2, 0.25) is 0 Å². The molecule has 0 aromatic carbocycles. The molecule has 5 heteroatoms. The molecule has 0 amide bonds. The molecule has 0 saturated carbocycles. The van der Waals surface area contributed by atoms with Crippen LogP contribution in [0, 0.1) is 0 Å². The maximum absolute atomic E-state index is 0. The van der Waals surface area contributed by atoms with Crippen LogP contribution in [-0.2, 0) is 26.5 Å². The molecule has 0 aromatic rings. The predicted octanol–water partition coefficient (Wildman–Crippen LogP) is -9.11. The molecule has 0 saturated heterocycles. The van der Waals surface area contributed by atoms with Crippen molar-refractivity contribution in [1.82, 2.24) is 0 Å². The third-order valence-electron chi connectivity index (χ3n) is 0. The summed E-state index contributed by atoms with van der Waals surface area (Å²) in [7, 11) is 0. The molecule has 0 atom stereocenters. The van der Waals surface area contributed by atoms with Crippen molar-refractivity contribution < 1.29 is 40.7 Å². The quantitative estimate of drug-likeness (QED) is 0.322. The normalized spacial score (nSPS) is 0. The van der Waals surface area contributed by atoms with Gasteiger partial charge >= 0.3 is 0 Å². The van der Waals surface area contributed by atoms with Crippen LogP contribution in [0.4, 0.5) is 0 Å². The third kappa shape index (κ3) is 137. The minimum absolute atomic E-state index is 0. The molecule has 0 aliphatic heterocycles. The van der Waals surface area contributed by atoms with Gasteiger partial charge in [0, 0.05) is 21.1 Å². The summed E-state index contributed by atoms with van der Waals surface area (Å²) in [6, 6.07) is 0. The summed E-state index contributed by atoms with van der Waals surface area (Å²) in [4.78, 5) is 0. The van der Waals surface area contributed by atoms with Gasteiger partial charge in [-0.05, 0) is 0 Å². The van der Waals surface area contributed by atoms with Crippen LogP contribution < -0.4 is 14.1 Å². The maximum Gasteiger partial charge on any atom is 0 e. The molecule has 38 valence electrons. The Morgan fingerprint density at radius 3 is 0.600 bits per heavy atom. The van der Waals surface area contributed by atoms with Crippen molar-refractivity contribution >= 4 is 0 Å². The molecule has 0 fully saturated rings. The van der Waals surface area contributed by atoms with Gasteiger partial charge in [-0.25, -0.2) is 0 Å². The Balaban J connectivity index is 0. The molecule has 0 spiro atoms. The summed E-state index contributed by atoms with van der Waals surface area (Å²) in [5.41, 5.74) is 0. The van der Waals surface area contributed by atoms with Crippen molar-refractivity contribution in [3.05, 3.63) is 0 Å². The molecule has 1 nitrogen and oxygen atoms in total. The van der Waals surface area contributed by atoms with Gasteiger partial charge in [-0.3, -0.25) is 0 Å². The van der Waals surface area contributed by atoms with E-state index in [2.05, 4.69) is 0 Å². The van der Waals surface area contributed by atoms with Gasteiger partial charge in [-0.15, -0.1) is 0 Å². The van der Waals surface area contributed by atoms with Crippen molar-refractivity contribution in [3.63, 3.8) is 0 Å². The Kier molecular flexibility index (Phi) is 30500. The van der Waals surface area contributed by atoms with Crippen LogP contribution in [0.15, 0.2) is 0 Å². The van der Waals surface area contributed by atoms with E-state index >= 15 is 0 Å². The van der Waals surface area contributed by atoms with Crippen molar-refractivity contribution in [2.45, 2.75) is 0 Å². The molecule has 0 aliphatic rings. The fourth-order valence-electron chi connectivity index (χ4n) is 0. The van der Waals surface area contributed by atoms with E-state index in [0.717, 1.165) is 0 Å². The van der Waals surface area contributed by atoms with Crippen LogP contribution >= 0.6 is 0 Å². The minimum Gasteiger partial charge on any atom is -2.00 e. The van der Waals surface area contributed by atoms with Crippen LogP contribution in [0.5, 0.6) is 0 Å². The van der Waals surface area contributed by atoms with E-state index in [0.29, 0.717) is 0 Å². The van der Waals surface area contributed by atoms with E-state index in [1.54, 1.807) is 0 Å². The molecule has 0 rings (SSSR count). The number of hydrogen-bond donors (Lipinski definition) is 0. The van der Waals surface area contributed by atoms with Gasteiger partial charge in [0.1, 0.15) is 0 Å². The summed E-state index contributed by atoms with van der Waals surface area (Å²) in [5, 5.41) is 0. The average molecular weight is 169 g/mol. The first-order valence-electron chi connectivity index (χ1n) is 0. The smallest absolute Gasteiger partial charge is 0 e. The molecular formula is F3MoO-5. The fourth-order valence-corrected chi connectivity index (χ4v) is 0. The van der Waals surface area contributed by atoms with E-state index in [1.165, 1.54) is 0 Å². The second-order valence-electron chi connectivity index (χ2n) is 0. The van der Waals surface area contributed by atoms with Crippen molar-refractivity contribution in [2.75, 3.05) is 0 Å². The zero-order valence-electron chi connectivity index (χ0n) is 1.95. The fraction of sp³-hybridized carbons (Fsp3) is 0. The molecule has 0 radical (unpaired) electrons. The Labute approximate surface area is 41.4 Å². The number of hydrogen-bond acceptors (Lipinski definition) is 0. The Morgan fingerprint density at radius 1 is 0.600 bits per heavy atom. The van der Waals surface area contributed by atoms with Crippen LogP contribution in [0.25, 0.3) is 0 Å². The summed E-state index contributed by atoms with van der Waals surface area (Å²) >= 11 is 0. The summed E-state index contributed by atoms with van der Waals surface area (Å²) in [6.07, 6.45) is 0. The van der Waals surface area contributed by atoms with Crippen LogP contribution in [0.3, 0.4) is 0 Å². The summed E-state index contributed by atoms with van der Waals surface area (Å²) in [6.45, 7) is 0. The van der Waals surface area contributed by atoms with Gasteiger partial charge in [0.05, 0.1) is 0 Å². The molecule has 5 heavy (non-hydrogen) atoms. The summed E-state index contributed by atoms with van der Waals surface area (Å²) in [5.74, 6) is 0. The van der Waals surface area contributed by atoms with Crippen molar-refractivity contribution in [3.8, 4) is 0 Å². The molecule has 0 heterocycles. The molecule has 0 aliphatic carbocycles. The molecule has 0 N–H and O–H groups in total. The van der Waals surface area contributed by atoms with E-state index in [-0.39, 0.29) is 40.7 Å². The topological polar surface area (TPSA) is 28.5 Å². The predicted molar refractivity (Wildman–Crippen MR) is 0.686 cm³/mol. The second kappa shape index (κ2) is 273. The first-order chi connectivity index (χ1) is 0. The van der Waals surface area contributed by atoms with Crippen LogP contribution in [-0.4, -0.2) is 0 Å². The second-order valence-corrected chi connectivity index (χ2v) is 0. The number of rotatable bonds is 0. The monoisotopic (exact) mass is 171 g/mol. The Morgan fingerprint density at radius 2 is 0.600 bits per heavy atom. The standard InChI is InChI=1S/3FH.Mo.O/h3*1H;;/q;;;;-2/p-3. The molecule has 0 aromatic heterocycles. The SMILES string of the molecule is [F-].[F-].[F-].[Mo].[O-2]. The van der Waals surface area contributed by atoms with Crippen LogP contribution in [0.2, 0.25) is 0 Å². The van der Waals surface area contributed by atoms with Crippen molar-refractivity contribution in [2.24, 2.45) is 0 Å². The molecule has 0 unspecified atom stereocenters. The van der Waals surface area contributed by atoms with E-state index in [9.17, 15) is 0 Å². The average Bonchev–Trinajstić information content (AvgIpc) is 0. The van der Waals surface area contributed by atoms with Gasteiger partial charge in [0.25, 0.3) is 0 Å². The summed E-state index contributed by atoms with van der Waals surface area (Å²) < 4.78 is 0. The largest absolute Gasteiger partial charge is 2.00 e.